The number of hydrogen-bond acceptors (Lipinski definition) is 4. The van der Waals surface area contributed by atoms with Gasteiger partial charge < -0.3 is 20.7 Å². The maximum atomic E-state index is 9.52. The van der Waals surface area contributed by atoms with Crippen LogP contribution in [-0.2, 0) is 6.54 Å². The lowest BCUT2D eigenvalue weighted by Crippen LogP contribution is -1.99. The first kappa shape index (κ1) is 11.6. The van der Waals surface area contributed by atoms with Gasteiger partial charge in [0.15, 0.2) is 11.5 Å². The van der Waals surface area contributed by atoms with Gasteiger partial charge >= 0.3 is 0 Å². The van der Waals surface area contributed by atoms with Gasteiger partial charge in [0.1, 0.15) is 0 Å². The number of aliphatic hydroxyl groups is 1. The third-order valence-electron chi connectivity index (χ3n) is 2.06. The summed E-state index contributed by atoms with van der Waals surface area (Å²) in [5, 5.41) is 18.2. The van der Waals surface area contributed by atoms with E-state index in [0.717, 1.165) is 11.1 Å². The Morgan fingerprint density at radius 2 is 2.20 bits per heavy atom. The van der Waals surface area contributed by atoms with E-state index in [1.165, 1.54) is 7.11 Å². The summed E-state index contributed by atoms with van der Waals surface area (Å²) in [4.78, 5) is 0. The van der Waals surface area contributed by atoms with Crippen molar-refractivity contribution < 1.29 is 14.9 Å². The van der Waals surface area contributed by atoms with Gasteiger partial charge in [0.2, 0.25) is 0 Å². The molecule has 0 aliphatic heterocycles. The van der Waals surface area contributed by atoms with E-state index in [1.807, 2.05) is 0 Å². The molecule has 15 heavy (non-hydrogen) atoms. The van der Waals surface area contributed by atoms with E-state index in [1.54, 1.807) is 24.3 Å². The van der Waals surface area contributed by atoms with Crippen LogP contribution in [-0.4, -0.2) is 23.9 Å². The predicted octanol–water partition coefficient (Wildman–Crippen LogP) is 0.865. The van der Waals surface area contributed by atoms with E-state index in [4.69, 9.17) is 15.6 Å². The molecule has 0 saturated carbocycles. The second-order valence-electron chi connectivity index (χ2n) is 3.01. The van der Waals surface area contributed by atoms with Gasteiger partial charge in [-0.3, -0.25) is 0 Å². The molecule has 4 nitrogen and oxygen atoms in total. The topological polar surface area (TPSA) is 75.7 Å². The van der Waals surface area contributed by atoms with Gasteiger partial charge in [0, 0.05) is 6.54 Å². The predicted molar refractivity (Wildman–Crippen MR) is 58.7 cm³/mol. The van der Waals surface area contributed by atoms with Crippen LogP contribution in [0, 0.1) is 0 Å². The van der Waals surface area contributed by atoms with Gasteiger partial charge in [-0.25, -0.2) is 0 Å². The zero-order valence-corrected chi connectivity index (χ0v) is 8.60. The number of nitrogens with two attached hydrogens (primary N) is 1. The first-order chi connectivity index (χ1) is 7.22. The van der Waals surface area contributed by atoms with Crippen molar-refractivity contribution in [1.82, 2.24) is 0 Å². The van der Waals surface area contributed by atoms with E-state index >= 15 is 0 Å². The van der Waals surface area contributed by atoms with Crippen LogP contribution in [0.25, 0.3) is 6.08 Å². The third kappa shape index (κ3) is 2.71. The summed E-state index contributed by atoms with van der Waals surface area (Å²) in [6.07, 6.45) is 3.34. The number of aliphatic hydroxyl groups excluding tert-OH is 1. The summed E-state index contributed by atoms with van der Waals surface area (Å²) in [5.41, 5.74) is 7.17. The van der Waals surface area contributed by atoms with Crippen molar-refractivity contribution in [3.05, 3.63) is 29.3 Å². The first-order valence-corrected chi connectivity index (χ1v) is 4.60. The average Bonchev–Trinajstić information content (AvgIpc) is 2.26. The first-order valence-electron chi connectivity index (χ1n) is 4.60. The van der Waals surface area contributed by atoms with Crippen molar-refractivity contribution in [3.8, 4) is 11.5 Å². The second-order valence-corrected chi connectivity index (χ2v) is 3.01. The maximum absolute atomic E-state index is 9.52. The molecule has 0 amide bonds. The molecule has 0 unspecified atom stereocenters. The van der Waals surface area contributed by atoms with Crippen molar-refractivity contribution in [1.29, 1.82) is 0 Å². The molecule has 4 heteroatoms. The maximum Gasteiger partial charge on any atom is 0.161 e. The summed E-state index contributed by atoms with van der Waals surface area (Å²) in [6.45, 7) is 0.288. The Bertz CT molecular complexity index is 361. The molecule has 0 aromatic heterocycles. The molecular weight excluding hydrogens is 194 g/mol. The Labute approximate surface area is 88.6 Å². The van der Waals surface area contributed by atoms with Gasteiger partial charge in [-0.05, 0) is 23.3 Å². The molecule has 0 aliphatic rings. The van der Waals surface area contributed by atoms with Crippen molar-refractivity contribution >= 4 is 6.08 Å². The highest BCUT2D eigenvalue weighted by Gasteiger charge is 2.06. The standard InChI is InChI=1S/C11H15NO3/c1-15-11-6-8(3-2-4-13)9(7-12)5-10(11)14/h2-3,5-6,13-14H,4,7,12H2,1H3/b3-2+. The van der Waals surface area contributed by atoms with Crippen LogP contribution >= 0.6 is 0 Å². The Morgan fingerprint density at radius 1 is 1.47 bits per heavy atom. The quantitative estimate of drug-likeness (QED) is 0.687. The minimum Gasteiger partial charge on any atom is -0.504 e. The number of benzene rings is 1. The number of rotatable bonds is 4. The lowest BCUT2D eigenvalue weighted by atomic mass is 10.1. The summed E-state index contributed by atoms with van der Waals surface area (Å²) in [6, 6.07) is 3.25. The number of ether oxygens (including phenoxy) is 1. The summed E-state index contributed by atoms with van der Waals surface area (Å²) in [7, 11) is 1.48. The van der Waals surface area contributed by atoms with Crippen molar-refractivity contribution in [3.63, 3.8) is 0 Å². The molecule has 0 radical (unpaired) electrons. The molecule has 0 atom stereocenters. The van der Waals surface area contributed by atoms with Crippen molar-refractivity contribution in [2.45, 2.75) is 6.54 Å². The van der Waals surface area contributed by atoms with Crippen LogP contribution in [0.4, 0.5) is 0 Å². The SMILES string of the molecule is COc1cc(/C=C/CO)c(CN)cc1O. The Morgan fingerprint density at radius 3 is 2.73 bits per heavy atom. The number of phenolic OH excluding ortho intramolecular Hbond substituents is 1. The fourth-order valence-corrected chi connectivity index (χ4v) is 1.30. The molecule has 0 fully saturated rings. The van der Waals surface area contributed by atoms with E-state index in [-0.39, 0.29) is 12.4 Å². The molecule has 4 N–H and O–H groups in total. The smallest absolute Gasteiger partial charge is 0.161 e. The van der Waals surface area contributed by atoms with Gasteiger partial charge in [-0.2, -0.15) is 0 Å². The Balaban J connectivity index is 3.16. The molecule has 0 saturated heterocycles. The van der Waals surface area contributed by atoms with E-state index in [9.17, 15) is 5.11 Å². The largest absolute Gasteiger partial charge is 0.504 e. The zero-order valence-electron chi connectivity index (χ0n) is 8.60. The Hall–Kier alpha value is -1.52. The lowest BCUT2D eigenvalue weighted by molar-refractivity contribution is 0.343. The van der Waals surface area contributed by atoms with Crippen LogP contribution in [0.1, 0.15) is 11.1 Å². The molecule has 1 aromatic carbocycles. The Kier molecular flexibility index (Phi) is 4.15. The van der Waals surface area contributed by atoms with Gasteiger partial charge in [0.05, 0.1) is 13.7 Å². The van der Waals surface area contributed by atoms with Gasteiger partial charge in [0.25, 0.3) is 0 Å². The molecule has 0 heterocycles. The molecule has 0 spiro atoms. The fraction of sp³-hybridized carbons (Fsp3) is 0.273. The average molecular weight is 209 g/mol. The molecule has 0 aliphatic carbocycles. The summed E-state index contributed by atoms with van der Waals surface area (Å²) >= 11 is 0. The number of hydrogen-bond donors (Lipinski definition) is 3. The van der Waals surface area contributed by atoms with Gasteiger partial charge in [-0.1, -0.05) is 12.2 Å². The molecule has 1 rings (SSSR count). The highest BCUT2D eigenvalue weighted by molar-refractivity contribution is 5.60. The molecule has 1 aromatic rings. The monoisotopic (exact) mass is 209 g/mol. The number of aromatic hydroxyl groups is 1. The molecule has 0 bridgehead atoms. The van der Waals surface area contributed by atoms with E-state index in [0.29, 0.717) is 12.3 Å². The minimum atomic E-state index is -0.0345. The van der Waals surface area contributed by atoms with E-state index < -0.39 is 0 Å². The van der Waals surface area contributed by atoms with E-state index in [2.05, 4.69) is 0 Å². The zero-order chi connectivity index (χ0) is 11.3. The van der Waals surface area contributed by atoms with Crippen LogP contribution < -0.4 is 10.5 Å². The fourth-order valence-electron chi connectivity index (χ4n) is 1.30. The highest BCUT2D eigenvalue weighted by atomic mass is 16.5. The number of methoxy groups -OCH3 is 1. The summed E-state index contributed by atoms with van der Waals surface area (Å²) < 4.78 is 4.98. The number of phenols is 1. The second kappa shape index (κ2) is 5.38. The minimum absolute atomic E-state index is 0.0345. The van der Waals surface area contributed by atoms with Crippen LogP contribution in [0.3, 0.4) is 0 Å². The molecular formula is C11H15NO3. The molecule has 82 valence electrons. The normalized spacial score (nSPS) is 10.9. The highest BCUT2D eigenvalue weighted by Crippen LogP contribution is 2.29. The van der Waals surface area contributed by atoms with Crippen molar-refractivity contribution in [2.75, 3.05) is 13.7 Å². The van der Waals surface area contributed by atoms with Crippen LogP contribution in [0.15, 0.2) is 18.2 Å². The van der Waals surface area contributed by atoms with Crippen LogP contribution in [0.2, 0.25) is 0 Å². The van der Waals surface area contributed by atoms with Crippen molar-refractivity contribution in [2.24, 2.45) is 5.73 Å². The van der Waals surface area contributed by atoms with Crippen LogP contribution in [0.5, 0.6) is 11.5 Å². The summed E-state index contributed by atoms with van der Waals surface area (Å²) in [5.74, 6) is 0.462. The van der Waals surface area contributed by atoms with Gasteiger partial charge in [-0.15, -0.1) is 0 Å². The third-order valence-corrected chi connectivity index (χ3v) is 2.06. The lowest BCUT2D eigenvalue weighted by Gasteiger charge is -2.08.